The highest BCUT2D eigenvalue weighted by atomic mass is 127. The molecule has 1 aromatic rings. The number of aliphatic imine (C=N–C) groups is 1. The lowest BCUT2D eigenvalue weighted by Gasteiger charge is -2.17. The number of rotatable bonds is 9. The third-order valence-electron chi connectivity index (χ3n) is 3.46. The third kappa shape index (κ3) is 12.4. The lowest BCUT2D eigenvalue weighted by molar-refractivity contribution is 0.581. The number of nitrogens with zero attached hydrogens (tertiary/aromatic N) is 1. The molecule has 0 amide bonds. The third-order valence-corrected chi connectivity index (χ3v) is 4.68. The molecule has 2 N–H and O–H groups in total. The molecule has 0 bridgehead atoms. The maximum Gasteiger partial charge on any atom is 0.191 e. The number of hydrogen-bond donors (Lipinski definition) is 2. The Balaban J connectivity index is 0.00000576. The van der Waals surface area contributed by atoms with Crippen LogP contribution in [0.1, 0.15) is 32.3 Å². The summed E-state index contributed by atoms with van der Waals surface area (Å²) in [5, 5.41) is 7.19. The van der Waals surface area contributed by atoms with E-state index in [1.807, 2.05) is 38.1 Å². The number of sulfone groups is 1. The van der Waals surface area contributed by atoms with Gasteiger partial charge in [-0.1, -0.05) is 23.7 Å². The van der Waals surface area contributed by atoms with Crippen LogP contribution in [0.4, 0.5) is 0 Å². The van der Waals surface area contributed by atoms with Gasteiger partial charge in [0.1, 0.15) is 9.84 Å². The van der Waals surface area contributed by atoms with Crippen LogP contribution in [-0.4, -0.2) is 45.5 Å². The van der Waals surface area contributed by atoms with E-state index in [4.69, 9.17) is 11.6 Å². The smallest absolute Gasteiger partial charge is 0.191 e. The second kappa shape index (κ2) is 12.8. The second-order valence-corrected chi connectivity index (χ2v) is 8.65. The Labute approximate surface area is 174 Å². The molecular formula is C17H29ClIN3O2S. The first kappa shape index (κ1) is 24.5. The van der Waals surface area contributed by atoms with Gasteiger partial charge in [0.25, 0.3) is 0 Å². The van der Waals surface area contributed by atoms with Gasteiger partial charge in [0.2, 0.25) is 0 Å². The van der Waals surface area contributed by atoms with Crippen LogP contribution in [0.2, 0.25) is 5.02 Å². The summed E-state index contributed by atoms with van der Waals surface area (Å²) in [6, 6.07) is 7.91. The number of benzene rings is 1. The van der Waals surface area contributed by atoms with E-state index in [0.29, 0.717) is 13.0 Å². The van der Waals surface area contributed by atoms with Gasteiger partial charge in [-0.25, -0.2) is 8.42 Å². The molecule has 0 heterocycles. The maximum absolute atomic E-state index is 11.2. The number of guanidine groups is 1. The summed E-state index contributed by atoms with van der Waals surface area (Å²) in [6.45, 7) is 5.44. The van der Waals surface area contributed by atoms with E-state index in [9.17, 15) is 8.42 Å². The normalized spacial score (nSPS) is 13.0. The van der Waals surface area contributed by atoms with Crippen molar-refractivity contribution in [2.24, 2.45) is 4.99 Å². The molecule has 0 saturated heterocycles. The number of halogens is 2. The molecular weight excluding hydrogens is 473 g/mol. The summed E-state index contributed by atoms with van der Waals surface area (Å²) < 4.78 is 22.5. The van der Waals surface area contributed by atoms with Crippen LogP contribution in [0.15, 0.2) is 29.3 Å². The first-order valence-corrected chi connectivity index (χ1v) is 10.7. The van der Waals surface area contributed by atoms with Gasteiger partial charge in [-0.15, -0.1) is 24.0 Å². The summed E-state index contributed by atoms with van der Waals surface area (Å²) in [4.78, 5) is 4.55. The Hall–Kier alpha value is -0.540. The van der Waals surface area contributed by atoms with E-state index in [0.717, 1.165) is 30.4 Å². The van der Waals surface area contributed by atoms with E-state index in [1.165, 1.54) is 11.8 Å². The fourth-order valence-electron chi connectivity index (χ4n) is 2.14. The second-order valence-electron chi connectivity index (χ2n) is 5.95. The van der Waals surface area contributed by atoms with E-state index in [-0.39, 0.29) is 35.8 Å². The van der Waals surface area contributed by atoms with Crippen molar-refractivity contribution in [3.05, 3.63) is 34.9 Å². The number of aryl methyl sites for hydroxylation is 1. The zero-order valence-electron chi connectivity index (χ0n) is 15.1. The SMILES string of the molecule is CCNC(=NCCCc1ccc(Cl)cc1)NC(C)CCS(C)(=O)=O.I. The first-order chi connectivity index (χ1) is 11.3. The van der Waals surface area contributed by atoms with E-state index in [2.05, 4.69) is 15.6 Å². The van der Waals surface area contributed by atoms with Crippen molar-refractivity contribution in [1.82, 2.24) is 10.6 Å². The molecule has 0 spiro atoms. The summed E-state index contributed by atoms with van der Waals surface area (Å²) >= 11 is 5.88. The molecule has 0 aromatic heterocycles. The van der Waals surface area contributed by atoms with Gasteiger partial charge in [0, 0.05) is 30.4 Å². The molecule has 0 radical (unpaired) electrons. The molecule has 0 fully saturated rings. The average Bonchev–Trinajstić information content (AvgIpc) is 2.51. The van der Waals surface area contributed by atoms with Crippen LogP contribution >= 0.6 is 35.6 Å². The molecule has 25 heavy (non-hydrogen) atoms. The zero-order chi connectivity index (χ0) is 18.0. The van der Waals surface area contributed by atoms with Crippen molar-refractivity contribution in [2.45, 2.75) is 39.2 Å². The molecule has 5 nitrogen and oxygen atoms in total. The monoisotopic (exact) mass is 501 g/mol. The predicted molar refractivity (Wildman–Crippen MR) is 118 cm³/mol. The van der Waals surface area contributed by atoms with Gasteiger partial charge in [0.15, 0.2) is 5.96 Å². The predicted octanol–water partition coefficient (Wildman–Crippen LogP) is 3.27. The lowest BCUT2D eigenvalue weighted by Crippen LogP contribution is -2.42. The molecule has 1 atom stereocenters. The Morgan fingerprint density at radius 3 is 2.48 bits per heavy atom. The Kier molecular flexibility index (Phi) is 12.5. The van der Waals surface area contributed by atoms with Gasteiger partial charge in [0.05, 0.1) is 5.75 Å². The quantitative estimate of drug-likeness (QED) is 0.236. The molecule has 0 aliphatic rings. The minimum Gasteiger partial charge on any atom is -0.357 e. The Morgan fingerprint density at radius 1 is 1.28 bits per heavy atom. The Bertz CT molecular complexity index is 621. The molecule has 1 rings (SSSR count). The number of nitrogens with one attached hydrogen (secondary N) is 2. The van der Waals surface area contributed by atoms with Gasteiger partial charge in [-0.05, 0) is 50.8 Å². The maximum atomic E-state index is 11.2. The minimum absolute atomic E-state index is 0. The first-order valence-electron chi connectivity index (χ1n) is 8.27. The van der Waals surface area contributed by atoms with Crippen molar-refractivity contribution in [3.8, 4) is 0 Å². The lowest BCUT2D eigenvalue weighted by atomic mass is 10.1. The van der Waals surface area contributed by atoms with Crippen molar-refractivity contribution >= 4 is 51.4 Å². The zero-order valence-corrected chi connectivity index (χ0v) is 19.0. The van der Waals surface area contributed by atoms with E-state index in [1.54, 1.807) is 0 Å². The van der Waals surface area contributed by atoms with Gasteiger partial charge in [-0.2, -0.15) is 0 Å². The van der Waals surface area contributed by atoms with E-state index >= 15 is 0 Å². The molecule has 0 aliphatic heterocycles. The standard InChI is InChI=1S/C17H28ClN3O2S.HI/c1-4-19-17(21-14(2)11-13-24(3,22)23)20-12-5-6-15-7-9-16(18)10-8-15;/h7-10,14H,4-6,11-13H2,1-3H3,(H2,19,20,21);1H. The van der Waals surface area contributed by atoms with Gasteiger partial charge in [-0.3, -0.25) is 4.99 Å². The van der Waals surface area contributed by atoms with Crippen molar-refractivity contribution in [1.29, 1.82) is 0 Å². The highest BCUT2D eigenvalue weighted by molar-refractivity contribution is 14.0. The van der Waals surface area contributed by atoms with Crippen LogP contribution in [0.5, 0.6) is 0 Å². The summed E-state index contributed by atoms with van der Waals surface area (Å²) in [5.74, 6) is 0.909. The summed E-state index contributed by atoms with van der Waals surface area (Å²) in [7, 11) is -2.93. The fraction of sp³-hybridized carbons (Fsp3) is 0.588. The highest BCUT2D eigenvalue weighted by Gasteiger charge is 2.09. The molecule has 0 aliphatic carbocycles. The highest BCUT2D eigenvalue weighted by Crippen LogP contribution is 2.10. The van der Waals surface area contributed by atoms with Gasteiger partial charge < -0.3 is 10.6 Å². The van der Waals surface area contributed by atoms with E-state index < -0.39 is 9.84 Å². The topological polar surface area (TPSA) is 70.6 Å². The molecule has 8 heteroatoms. The van der Waals surface area contributed by atoms with Crippen molar-refractivity contribution < 1.29 is 8.42 Å². The van der Waals surface area contributed by atoms with Crippen LogP contribution in [0.3, 0.4) is 0 Å². The van der Waals surface area contributed by atoms with Crippen LogP contribution in [0.25, 0.3) is 0 Å². The largest absolute Gasteiger partial charge is 0.357 e. The van der Waals surface area contributed by atoms with Crippen LogP contribution in [-0.2, 0) is 16.3 Å². The fourth-order valence-corrected chi connectivity index (χ4v) is 3.05. The Morgan fingerprint density at radius 2 is 1.92 bits per heavy atom. The summed E-state index contributed by atoms with van der Waals surface area (Å²) in [5.41, 5.74) is 1.24. The molecule has 1 aromatic carbocycles. The molecule has 144 valence electrons. The minimum atomic E-state index is -2.93. The number of hydrogen-bond acceptors (Lipinski definition) is 3. The average molecular weight is 502 g/mol. The van der Waals surface area contributed by atoms with Crippen LogP contribution in [0, 0.1) is 0 Å². The van der Waals surface area contributed by atoms with Crippen LogP contribution < -0.4 is 10.6 Å². The van der Waals surface area contributed by atoms with Crippen molar-refractivity contribution in [3.63, 3.8) is 0 Å². The summed E-state index contributed by atoms with van der Waals surface area (Å²) in [6.07, 6.45) is 3.71. The molecule has 1 unspecified atom stereocenters. The van der Waals surface area contributed by atoms with Crippen molar-refractivity contribution in [2.75, 3.05) is 25.1 Å². The molecule has 0 saturated carbocycles. The van der Waals surface area contributed by atoms with Gasteiger partial charge >= 0.3 is 0 Å².